The number of nitrogens with one attached hydrogen (secondary N) is 1. The minimum absolute atomic E-state index is 0.264. The Balaban J connectivity index is 2.71. The molecule has 1 N–H and O–H groups in total. The Morgan fingerprint density at radius 2 is 1.83 bits per heavy atom. The monoisotopic (exact) mass is 239 g/mol. The van der Waals surface area contributed by atoms with Crippen molar-refractivity contribution in [2.45, 2.75) is 13.8 Å². The summed E-state index contributed by atoms with van der Waals surface area (Å²) in [5, 5.41) is 17.8. The lowest BCUT2D eigenvalue weighted by Crippen LogP contribution is -1.89. The predicted molar refractivity (Wildman–Crippen MR) is 65.1 cm³/mol. The Kier molecular flexibility index (Phi) is 2.87. The fourth-order valence-corrected chi connectivity index (χ4v) is 2.05. The molecule has 1 aromatic carbocycles. The first-order valence-corrected chi connectivity index (χ1v) is 5.37. The largest absolute Gasteiger partial charge is 0.361 e. The molecule has 4 heteroatoms. The first kappa shape index (κ1) is 11.9. The van der Waals surface area contributed by atoms with E-state index in [4.69, 9.17) is 10.5 Å². The number of H-pyrrole nitrogens is 1. The average molecular weight is 239 g/mol. The average Bonchev–Trinajstić information content (AvgIpc) is 2.63. The van der Waals surface area contributed by atoms with Crippen LogP contribution in [0.1, 0.15) is 22.5 Å². The van der Waals surface area contributed by atoms with Gasteiger partial charge in [0.25, 0.3) is 0 Å². The maximum absolute atomic E-state index is 14.0. The summed E-state index contributed by atoms with van der Waals surface area (Å²) in [6, 6.07) is 8.21. The molecular formula is C14H10FN3. The van der Waals surface area contributed by atoms with Gasteiger partial charge in [0.05, 0.1) is 17.2 Å². The Hall–Kier alpha value is -2.59. The third-order valence-corrected chi connectivity index (χ3v) is 2.85. The molecule has 2 aromatic rings. The summed E-state index contributed by atoms with van der Waals surface area (Å²) in [5.74, 6) is -0.493. The molecule has 0 amide bonds. The summed E-state index contributed by atoms with van der Waals surface area (Å²) in [6.07, 6.45) is 0. The number of nitrogens with zero attached hydrogens (tertiary/aromatic N) is 2. The van der Waals surface area contributed by atoms with E-state index in [-0.39, 0.29) is 5.56 Å². The van der Waals surface area contributed by atoms with E-state index in [9.17, 15) is 4.39 Å². The van der Waals surface area contributed by atoms with Crippen molar-refractivity contribution in [2.75, 3.05) is 0 Å². The van der Waals surface area contributed by atoms with Crippen molar-refractivity contribution in [1.29, 1.82) is 10.5 Å². The number of hydrogen-bond acceptors (Lipinski definition) is 2. The summed E-state index contributed by atoms with van der Waals surface area (Å²) >= 11 is 0. The van der Waals surface area contributed by atoms with E-state index in [1.165, 1.54) is 12.1 Å². The van der Waals surface area contributed by atoms with Crippen molar-refractivity contribution in [1.82, 2.24) is 4.98 Å². The van der Waals surface area contributed by atoms with Crippen LogP contribution in [0.2, 0.25) is 0 Å². The lowest BCUT2D eigenvalue weighted by Gasteiger charge is -2.04. The van der Waals surface area contributed by atoms with E-state index in [0.717, 1.165) is 5.69 Å². The Morgan fingerprint density at radius 1 is 1.11 bits per heavy atom. The SMILES string of the molecule is Cc1[nH]c(C)c(-c2ccc(C#N)cc2F)c1C#N. The molecule has 1 heterocycles. The standard InChI is InChI=1S/C14H10FN3/c1-8-12(7-17)14(9(2)18-8)11-4-3-10(6-16)5-13(11)15/h3-5,18H,1-2H3. The smallest absolute Gasteiger partial charge is 0.132 e. The Bertz CT molecular complexity index is 699. The van der Waals surface area contributed by atoms with E-state index in [1.54, 1.807) is 19.9 Å². The van der Waals surface area contributed by atoms with Crippen LogP contribution in [-0.4, -0.2) is 4.98 Å². The van der Waals surface area contributed by atoms with Crippen LogP contribution in [-0.2, 0) is 0 Å². The molecule has 0 spiro atoms. The number of rotatable bonds is 1. The van der Waals surface area contributed by atoms with E-state index < -0.39 is 5.82 Å². The van der Waals surface area contributed by atoms with Crippen LogP contribution in [0.3, 0.4) is 0 Å². The second-order valence-corrected chi connectivity index (χ2v) is 4.04. The summed E-state index contributed by atoms with van der Waals surface area (Å²) in [6.45, 7) is 3.57. The van der Waals surface area contributed by atoms with Gasteiger partial charge < -0.3 is 4.98 Å². The molecule has 0 saturated carbocycles. The first-order chi connectivity index (χ1) is 8.58. The van der Waals surface area contributed by atoms with Gasteiger partial charge in [0.15, 0.2) is 0 Å². The maximum atomic E-state index is 14.0. The molecule has 0 atom stereocenters. The van der Waals surface area contributed by atoms with Crippen molar-refractivity contribution < 1.29 is 4.39 Å². The highest BCUT2D eigenvalue weighted by atomic mass is 19.1. The number of halogens is 1. The zero-order valence-corrected chi connectivity index (χ0v) is 10.0. The molecule has 0 aliphatic rings. The van der Waals surface area contributed by atoms with Crippen molar-refractivity contribution in [3.8, 4) is 23.3 Å². The van der Waals surface area contributed by atoms with Gasteiger partial charge in [-0.15, -0.1) is 0 Å². The van der Waals surface area contributed by atoms with Crippen LogP contribution in [0, 0.1) is 42.3 Å². The van der Waals surface area contributed by atoms with Crippen LogP contribution in [0.25, 0.3) is 11.1 Å². The number of benzene rings is 1. The highest BCUT2D eigenvalue weighted by Gasteiger charge is 2.17. The molecule has 0 aliphatic carbocycles. The van der Waals surface area contributed by atoms with E-state index in [2.05, 4.69) is 11.1 Å². The van der Waals surface area contributed by atoms with Gasteiger partial charge in [0.2, 0.25) is 0 Å². The zero-order chi connectivity index (χ0) is 13.3. The molecule has 1 aromatic heterocycles. The predicted octanol–water partition coefficient (Wildman–Crippen LogP) is 3.18. The van der Waals surface area contributed by atoms with Gasteiger partial charge in [-0.1, -0.05) is 6.07 Å². The molecule has 0 radical (unpaired) electrons. The lowest BCUT2D eigenvalue weighted by atomic mass is 9.99. The number of hydrogen-bond donors (Lipinski definition) is 1. The van der Waals surface area contributed by atoms with Gasteiger partial charge in [0, 0.05) is 22.5 Å². The van der Waals surface area contributed by atoms with Crippen LogP contribution < -0.4 is 0 Å². The first-order valence-electron chi connectivity index (χ1n) is 5.37. The van der Waals surface area contributed by atoms with E-state index in [0.29, 0.717) is 22.4 Å². The molecule has 3 nitrogen and oxygen atoms in total. The number of aryl methyl sites for hydroxylation is 2. The number of aromatic nitrogens is 1. The molecule has 0 saturated heterocycles. The number of aromatic amines is 1. The fraction of sp³-hybridized carbons (Fsp3) is 0.143. The summed E-state index contributed by atoms with van der Waals surface area (Å²) < 4.78 is 14.0. The molecule has 88 valence electrons. The highest BCUT2D eigenvalue weighted by Crippen LogP contribution is 2.31. The van der Waals surface area contributed by atoms with Crippen molar-refractivity contribution in [3.63, 3.8) is 0 Å². The van der Waals surface area contributed by atoms with Gasteiger partial charge in [-0.25, -0.2) is 4.39 Å². The van der Waals surface area contributed by atoms with E-state index >= 15 is 0 Å². The zero-order valence-electron chi connectivity index (χ0n) is 10.0. The van der Waals surface area contributed by atoms with Crippen LogP contribution in [0.15, 0.2) is 18.2 Å². The van der Waals surface area contributed by atoms with Crippen molar-refractivity contribution >= 4 is 0 Å². The summed E-state index contributed by atoms with van der Waals surface area (Å²) in [5.41, 5.74) is 3.07. The van der Waals surface area contributed by atoms with Crippen LogP contribution >= 0.6 is 0 Å². The normalized spacial score (nSPS) is 9.83. The minimum atomic E-state index is -0.493. The Labute approximate surface area is 104 Å². The highest BCUT2D eigenvalue weighted by molar-refractivity contribution is 5.75. The third-order valence-electron chi connectivity index (χ3n) is 2.85. The molecule has 18 heavy (non-hydrogen) atoms. The van der Waals surface area contributed by atoms with Gasteiger partial charge in [-0.2, -0.15) is 10.5 Å². The quantitative estimate of drug-likeness (QED) is 0.830. The van der Waals surface area contributed by atoms with Gasteiger partial charge in [0.1, 0.15) is 11.9 Å². The Morgan fingerprint density at radius 3 is 2.39 bits per heavy atom. The van der Waals surface area contributed by atoms with Crippen LogP contribution in [0.5, 0.6) is 0 Å². The second-order valence-electron chi connectivity index (χ2n) is 4.04. The number of nitriles is 2. The topological polar surface area (TPSA) is 63.4 Å². The van der Waals surface area contributed by atoms with Crippen molar-refractivity contribution in [3.05, 3.63) is 46.5 Å². The van der Waals surface area contributed by atoms with Gasteiger partial charge in [-0.05, 0) is 26.0 Å². The van der Waals surface area contributed by atoms with Crippen LogP contribution in [0.4, 0.5) is 4.39 Å². The van der Waals surface area contributed by atoms with Gasteiger partial charge in [-0.3, -0.25) is 0 Å². The molecule has 0 bridgehead atoms. The second kappa shape index (κ2) is 4.35. The summed E-state index contributed by atoms with van der Waals surface area (Å²) in [7, 11) is 0. The molecule has 2 rings (SSSR count). The summed E-state index contributed by atoms with van der Waals surface area (Å²) in [4.78, 5) is 3.03. The fourth-order valence-electron chi connectivity index (χ4n) is 2.05. The van der Waals surface area contributed by atoms with Crippen molar-refractivity contribution in [2.24, 2.45) is 0 Å². The maximum Gasteiger partial charge on any atom is 0.132 e. The molecule has 0 fully saturated rings. The molecule has 0 aliphatic heterocycles. The van der Waals surface area contributed by atoms with Gasteiger partial charge >= 0.3 is 0 Å². The molecular weight excluding hydrogens is 229 g/mol. The minimum Gasteiger partial charge on any atom is -0.361 e. The third kappa shape index (κ3) is 1.74. The van der Waals surface area contributed by atoms with E-state index in [1.807, 2.05) is 6.07 Å². The molecule has 0 unspecified atom stereocenters. The lowest BCUT2D eigenvalue weighted by molar-refractivity contribution is 0.630.